The highest BCUT2D eigenvalue weighted by Crippen LogP contribution is 2.16. The molecule has 0 atom stereocenters. The van der Waals surface area contributed by atoms with Crippen molar-refractivity contribution in [1.82, 2.24) is 4.90 Å². The van der Waals surface area contributed by atoms with Crippen LogP contribution in [0, 0.1) is 5.82 Å². The second-order valence-electron chi connectivity index (χ2n) is 3.05. The predicted octanol–water partition coefficient (Wildman–Crippen LogP) is 1.47. The minimum absolute atomic E-state index is 0.256. The van der Waals surface area contributed by atoms with Crippen LogP contribution in [-0.2, 0) is 6.54 Å². The van der Waals surface area contributed by atoms with E-state index in [0.717, 1.165) is 5.56 Å². The molecule has 0 bridgehead atoms. The van der Waals surface area contributed by atoms with E-state index in [1.54, 1.807) is 6.07 Å². The smallest absolute Gasteiger partial charge is 0.146 e. The maximum absolute atomic E-state index is 12.9. The number of hydrogen-bond acceptors (Lipinski definition) is 2. The summed E-state index contributed by atoms with van der Waals surface area (Å²) in [6.45, 7) is 0.670. The van der Waals surface area contributed by atoms with Gasteiger partial charge in [-0.3, -0.25) is 0 Å². The van der Waals surface area contributed by atoms with Crippen LogP contribution in [0.2, 0.25) is 0 Å². The van der Waals surface area contributed by atoms with Gasteiger partial charge in [0.2, 0.25) is 0 Å². The van der Waals surface area contributed by atoms with Crippen molar-refractivity contribution in [3.8, 4) is 0 Å². The van der Waals surface area contributed by atoms with Crippen LogP contribution in [0.25, 0.3) is 0 Å². The summed E-state index contributed by atoms with van der Waals surface area (Å²) >= 11 is 0. The van der Waals surface area contributed by atoms with Crippen LogP contribution < -0.4 is 5.73 Å². The van der Waals surface area contributed by atoms with Gasteiger partial charge >= 0.3 is 0 Å². The number of rotatable bonds is 2. The monoisotopic (exact) mass is 168 g/mol. The lowest BCUT2D eigenvalue weighted by Crippen LogP contribution is -2.12. The highest BCUT2D eigenvalue weighted by atomic mass is 19.1. The van der Waals surface area contributed by atoms with Crippen LogP contribution in [0.5, 0.6) is 0 Å². The maximum atomic E-state index is 12.9. The minimum Gasteiger partial charge on any atom is -0.396 e. The van der Waals surface area contributed by atoms with Crippen molar-refractivity contribution >= 4 is 5.69 Å². The molecule has 2 N–H and O–H groups in total. The van der Waals surface area contributed by atoms with Crippen LogP contribution >= 0.6 is 0 Å². The topological polar surface area (TPSA) is 29.3 Å². The summed E-state index contributed by atoms with van der Waals surface area (Å²) in [5.41, 5.74) is 6.62. The molecule has 3 heteroatoms. The molecule has 0 heterocycles. The molecule has 0 fully saturated rings. The second kappa shape index (κ2) is 3.54. The van der Waals surface area contributed by atoms with Gasteiger partial charge in [-0.1, -0.05) is 12.1 Å². The third kappa shape index (κ3) is 1.95. The van der Waals surface area contributed by atoms with Crippen LogP contribution in [0.1, 0.15) is 5.56 Å². The molecule has 0 aromatic heterocycles. The third-order valence-corrected chi connectivity index (χ3v) is 1.63. The standard InChI is InChI=1S/C9H13FN2/c1-12(2)6-7-4-3-5-8(10)9(7)11/h3-5H,6,11H2,1-2H3. The van der Waals surface area contributed by atoms with Crippen LogP contribution in [0.3, 0.4) is 0 Å². The molecule has 2 nitrogen and oxygen atoms in total. The molecule has 0 saturated heterocycles. The Kier molecular flexibility index (Phi) is 2.65. The number of nitrogen functional groups attached to an aromatic ring is 1. The van der Waals surface area contributed by atoms with Gasteiger partial charge in [0.05, 0.1) is 5.69 Å². The summed E-state index contributed by atoms with van der Waals surface area (Å²) in [5.74, 6) is -0.339. The predicted molar refractivity (Wildman–Crippen MR) is 48.2 cm³/mol. The molecule has 0 spiro atoms. The van der Waals surface area contributed by atoms with E-state index in [2.05, 4.69) is 0 Å². The zero-order valence-corrected chi connectivity index (χ0v) is 7.34. The van der Waals surface area contributed by atoms with Crippen molar-refractivity contribution in [2.75, 3.05) is 19.8 Å². The Morgan fingerprint density at radius 3 is 2.67 bits per heavy atom. The summed E-state index contributed by atoms with van der Waals surface area (Å²) < 4.78 is 12.9. The Morgan fingerprint density at radius 1 is 1.42 bits per heavy atom. The zero-order chi connectivity index (χ0) is 9.14. The number of para-hydroxylation sites is 1. The number of nitrogens with two attached hydrogens (primary N) is 1. The van der Waals surface area contributed by atoms with E-state index in [9.17, 15) is 4.39 Å². The average Bonchev–Trinajstić information content (AvgIpc) is 1.98. The molecule has 1 rings (SSSR count). The second-order valence-corrected chi connectivity index (χ2v) is 3.05. The normalized spacial score (nSPS) is 10.7. The lowest BCUT2D eigenvalue weighted by Gasteiger charge is -2.11. The van der Waals surface area contributed by atoms with Crippen molar-refractivity contribution in [1.29, 1.82) is 0 Å². The van der Waals surface area contributed by atoms with E-state index in [4.69, 9.17) is 5.73 Å². The molecule has 0 amide bonds. The van der Waals surface area contributed by atoms with Crippen molar-refractivity contribution in [2.45, 2.75) is 6.54 Å². The van der Waals surface area contributed by atoms with Crippen molar-refractivity contribution in [3.63, 3.8) is 0 Å². The Balaban J connectivity index is 2.92. The molecular formula is C9H13FN2. The van der Waals surface area contributed by atoms with Crippen LogP contribution in [0.4, 0.5) is 10.1 Å². The summed E-state index contributed by atoms with van der Waals surface area (Å²) in [7, 11) is 3.84. The zero-order valence-electron chi connectivity index (χ0n) is 7.34. The lowest BCUT2D eigenvalue weighted by molar-refractivity contribution is 0.402. The van der Waals surface area contributed by atoms with Gasteiger partial charge in [-0.25, -0.2) is 4.39 Å². The SMILES string of the molecule is CN(C)Cc1cccc(F)c1N. The number of nitrogens with zero attached hydrogens (tertiary/aromatic N) is 1. The van der Waals surface area contributed by atoms with Gasteiger partial charge < -0.3 is 10.6 Å². The van der Waals surface area contributed by atoms with Gasteiger partial charge in [0.25, 0.3) is 0 Å². The van der Waals surface area contributed by atoms with Gasteiger partial charge in [0, 0.05) is 6.54 Å². The first-order chi connectivity index (χ1) is 5.61. The van der Waals surface area contributed by atoms with Crippen molar-refractivity contribution < 1.29 is 4.39 Å². The van der Waals surface area contributed by atoms with E-state index >= 15 is 0 Å². The average molecular weight is 168 g/mol. The molecule has 0 saturated carbocycles. The van der Waals surface area contributed by atoms with Gasteiger partial charge in [-0.15, -0.1) is 0 Å². The van der Waals surface area contributed by atoms with E-state index in [-0.39, 0.29) is 11.5 Å². The molecule has 1 aromatic rings. The van der Waals surface area contributed by atoms with E-state index in [1.807, 2.05) is 25.1 Å². The van der Waals surface area contributed by atoms with Crippen LogP contribution in [-0.4, -0.2) is 19.0 Å². The summed E-state index contributed by atoms with van der Waals surface area (Å²) in [6, 6.07) is 4.87. The van der Waals surface area contributed by atoms with Gasteiger partial charge in [0.1, 0.15) is 5.82 Å². The van der Waals surface area contributed by atoms with Gasteiger partial charge in [-0.2, -0.15) is 0 Å². The Labute approximate surface area is 71.8 Å². The highest BCUT2D eigenvalue weighted by molar-refractivity contribution is 5.47. The fraction of sp³-hybridized carbons (Fsp3) is 0.333. The van der Waals surface area contributed by atoms with Crippen molar-refractivity contribution in [2.24, 2.45) is 0 Å². The minimum atomic E-state index is -0.339. The molecule has 66 valence electrons. The number of halogens is 1. The van der Waals surface area contributed by atoms with Crippen molar-refractivity contribution in [3.05, 3.63) is 29.6 Å². The third-order valence-electron chi connectivity index (χ3n) is 1.63. The van der Waals surface area contributed by atoms with E-state index < -0.39 is 0 Å². The Bertz CT molecular complexity index is 271. The Morgan fingerprint density at radius 2 is 2.08 bits per heavy atom. The molecule has 1 aromatic carbocycles. The summed E-state index contributed by atoms with van der Waals surface area (Å²) in [5, 5.41) is 0. The first-order valence-corrected chi connectivity index (χ1v) is 3.79. The highest BCUT2D eigenvalue weighted by Gasteiger charge is 2.03. The molecule has 0 aliphatic carbocycles. The van der Waals surface area contributed by atoms with E-state index in [1.165, 1.54) is 6.07 Å². The quantitative estimate of drug-likeness (QED) is 0.677. The number of hydrogen-bond donors (Lipinski definition) is 1. The largest absolute Gasteiger partial charge is 0.396 e. The summed E-state index contributed by atoms with van der Waals surface area (Å²) in [6.07, 6.45) is 0. The first-order valence-electron chi connectivity index (χ1n) is 3.79. The molecule has 0 unspecified atom stereocenters. The molecule has 0 aliphatic rings. The fourth-order valence-electron chi connectivity index (χ4n) is 1.06. The van der Waals surface area contributed by atoms with Crippen LogP contribution in [0.15, 0.2) is 18.2 Å². The lowest BCUT2D eigenvalue weighted by atomic mass is 10.1. The first kappa shape index (κ1) is 9.00. The maximum Gasteiger partial charge on any atom is 0.146 e. The summed E-state index contributed by atoms with van der Waals surface area (Å²) in [4.78, 5) is 1.95. The van der Waals surface area contributed by atoms with Gasteiger partial charge in [-0.05, 0) is 25.7 Å². The van der Waals surface area contributed by atoms with E-state index in [0.29, 0.717) is 6.54 Å². The number of benzene rings is 1. The number of anilines is 1. The molecule has 0 radical (unpaired) electrons. The molecule has 0 aliphatic heterocycles. The Hall–Kier alpha value is -1.09. The fourth-order valence-corrected chi connectivity index (χ4v) is 1.06. The molecular weight excluding hydrogens is 155 g/mol. The van der Waals surface area contributed by atoms with Gasteiger partial charge in [0.15, 0.2) is 0 Å². The molecule has 12 heavy (non-hydrogen) atoms.